The Hall–Kier alpha value is -1.81. The molecule has 0 spiro atoms. The molecule has 0 aromatic heterocycles. The summed E-state index contributed by atoms with van der Waals surface area (Å²) in [7, 11) is -1.67. The van der Waals surface area contributed by atoms with Crippen LogP contribution in [0.2, 0.25) is 0 Å². The highest BCUT2D eigenvalue weighted by atomic mass is 79.9. The minimum atomic E-state index is -1.67. The number of hydrogen-bond donors (Lipinski definition) is 3. The Labute approximate surface area is 171 Å². The summed E-state index contributed by atoms with van der Waals surface area (Å²) in [5.74, 6) is 1.10. The van der Waals surface area contributed by atoms with Gasteiger partial charge in [0.15, 0.2) is 5.17 Å². The third kappa shape index (κ3) is 7.02. The van der Waals surface area contributed by atoms with Crippen LogP contribution < -0.4 is 15.9 Å². The average Bonchev–Trinajstić information content (AvgIpc) is 2.62. The minimum absolute atomic E-state index is 0.107. The normalized spacial score (nSPS) is 12.0. The fraction of sp³-hybridized carbons (Fsp3) is 0.222. The number of nitrogens with two attached hydrogens (primary N) is 1. The van der Waals surface area contributed by atoms with E-state index in [2.05, 4.69) is 26.1 Å². The van der Waals surface area contributed by atoms with Gasteiger partial charge in [0.25, 0.3) is 0 Å². The lowest BCUT2D eigenvalue weighted by Crippen LogP contribution is -2.33. The van der Waals surface area contributed by atoms with Gasteiger partial charge < -0.3 is 20.5 Å². The molecule has 2 aromatic carbocycles. The second-order valence-corrected chi connectivity index (χ2v) is 7.77. The molecule has 0 amide bonds. The van der Waals surface area contributed by atoms with Crippen LogP contribution in [-0.4, -0.2) is 34.7 Å². The monoisotopic (exact) mass is 449 g/mol. The number of nitrogens with zero attached hydrogens (tertiary/aromatic N) is 2. The van der Waals surface area contributed by atoms with Gasteiger partial charge in [0.1, 0.15) is 5.75 Å². The topological polar surface area (TPSA) is 100 Å². The lowest BCUT2D eigenvalue weighted by molar-refractivity contribution is 0.242. The maximum Gasteiger partial charge on any atom is 0.492 e. The van der Waals surface area contributed by atoms with Crippen molar-refractivity contribution >= 4 is 51.7 Å². The third-order valence-corrected chi connectivity index (χ3v) is 4.76. The molecule has 2 rings (SSSR count). The maximum absolute atomic E-state index is 9.62. The van der Waals surface area contributed by atoms with E-state index in [1.54, 1.807) is 12.1 Å². The quantitative estimate of drug-likeness (QED) is 0.261. The Kier molecular flexibility index (Phi) is 8.37. The highest BCUT2D eigenvalue weighted by molar-refractivity contribution is 9.10. The number of halogens is 1. The molecule has 0 radical (unpaired) electrons. The predicted molar refractivity (Wildman–Crippen MR) is 117 cm³/mol. The third-order valence-electron chi connectivity index (χ3n) is 3.32. The molecule has 142 valence electrons. The zero-order chi connectivity index (χ0) is 19.8. The number of amidine groups is 1. The molecule has 0 unspecified atom stereocenters. The molecule has 0 aliphatic heterocycles. The highest BCUT2D eigenvalue weighted by Gasteiger charge is 2.21. The van der Waals surface area contributed by atoms with Gasteiger partial charge in [0.2, 0.25) is 0 Å². The maximum atomic E-state index is 9.62. The number of hydrogen-bond acceptors (Lipinski definition) is 6. The molecule has 4 N–H and O–H groups in total. The van der Waals surface area contributed by atoms with Gasteiger partial charge in [-0.05, 0) is 53.0 Å². The van der Waals surface area contributed by atoms with Crippen LogP contribution in [0, 0.1) is 0 Å². The van der Waals surface area contributed by atoms with E-state index in [1.165, 1.54) is 18.0 Å². The molecule has 0 saturated heterocycles. The lowest BCUT2D eigenvalue weighted by Gasteiger charge is -2.16. The van der Waals surface area contributed by atoms with Crippen molar-refractivity contribution in [1.82, 2.24) is 0 Å². The molecule has 0 bridgehead atoms. The molecular formula is C18H21BBrN3O3S. The molecule has 0 atom stereocenters. The van der Waals surface area contributed by atoms with Gasteiger partial charge in [-0.1, -0.05) is 42.1 Å². The summed E-state index contributed by atoms with van der Waals surface area (Å²) in [6.45, 7) is 3.72. The second kappa shape index (κ2) is 10.5. The van der Waals surface area contributed by atoms with Crippen LogP contribution >= 0.6 is 27.7 Å². The van der Waals surface area contributed by atoms with Crippen molar-refractivity contribution in [3.05, 3.63) is 58.1 Å². The van der Waals surface area contributed by atoms with Gasteiger partial charge in [-0.2, -0.15) is 5.10 Å². The molecule has 6 nitrogen and oxygen atoms in total. The summed E-state index contributed by atoms with van der Waals surface area (Å²) in [5.41, 5.74) is 7.89. The first-order valence-electron chi connectivity index (χ1n) is 8.26. The van der Waals surface area contributed by atoms with Gasteiger partial charge in [-0.15, -0.1) is 5.10 Å². The van der Waals surface area contributed by atoms with Crippen molar-refractivity contribution in [3.63, 3.8) is 0 Å². The van der Waals surface area contributed by atoms with Crippen molar-refractivity contribution in [2.45, 2.75) is 25.7 Å². The summed E-state index contributed by atoms with van der Waals surface area (Å²) in [6.07, 6.45) is 1.38. The Morgan fingerprint density at radius 2 is 2.00 bits per heavy atom. The minimum Gasteiger partial charge on any atom is -0.490 e. The van der Waals surface area contributed by atoms with Crippen molar-refractivity contribution in [1.29, 1.82) is 0 Å². The highest BCUT2D eigenvalue weighted by Crippen LogP contribution is 2.25. The summed E-state index contributed by atoms with van der Waals surface area (Å²) in [5, 5.41) is 27.5. The van der Waals surface area contributed by atoms with E-state index in [0.717, 1.165) is 5.56 Å². The number of benzene rings is 2. The van der Waals surface area contributed by atoms with E-state index in [9.17, 15) is 10.0 Å². The van der Waals surface area contributed by atoms with Crippen LogP contribution in [0.15, 0.2) is 57.1 Å². The van der Waals surface area contributed by atoms with Crippen LogP contribution in [0.1, 0.15) is 25.0 Å². The fourth-order valence-corrected chi connectivity index (χ4v) is 3.37. The molecule has 0 heterocycles. The first kappa shape index (κ1) is 21.5. The van der Waals surface area contributed by atoms with Crippen LogP contribution in [-0.2, 0) is 5.75 Å². The summed E-state index contributed by atoms with van der Waals surface area (Å²) >= 11 is 4.78. The predicted octanol–water partition coefficient (Wildman–Crippen LogP) is 2.50. The summed E-state index contributed by atoms with van der Waals surface area (Å²) in [6, 6.07) is 13.3. The second-order valence-electron chi connectivity index (χ2n) is 5.92. The zero-order valence-electron chi connectivity index (χ0n) is 15.0. The molecule has 2 aromatic rings. The molecular weight excluding hydrogens is 429 g/mol. The van der Waals surface area contributed by atoms with Crippen molar-refractivity contribution in [2.24, 2.45) is 15.9 Å². The first-order valence-corrected chi connectivity index (χ1v) is 10.0. The Morgan fingerprint density at radius 3 is 2.63 bits per heavy atom. The van der Waals surface area contributed by atoms with E-state index in [0.29, 0.717) is 26.7 Å². The summed E-state index contributed by atoms with van der Waals surface area (Å²) in [4.78, 5) is 0. The smallest absolute Gasteiger partial charge is 0.490 e. The van der Waals surface area contributed by atoms with E-state index >= 15 is 0 Å². The standard InChI is InChI=1S/C18H21BBrN3O3S/c1-12(2)26-17-15(19(24)25)8-14(9-16(17)20)10-22-23-18(21)27-11-13-6-4-3-5-7-13/h3-10,12,24-25H,11H2,1-2H3,(H2,21,23). The van der Waals surface area contributed by atoms with Crippen molar-refractivity contribution < 1.29 is 14.8 Å². The Bertz CT molecular complexity index is 817. The van der Waals surface area contributed by atoms with Gasteiger partial charge in [-0.25, -0.2) is 0 Å². The van der Waals surface area contributed by atoms with E-state index < -0.39 is 7.12 Å². The van der Waals surface area contributed by atoms with E-state index in [-0.39, 0.29) is 11.6 Å². The number of thioether (sulfide) groups is 1. The summed E-state index contributed by atoms with van der Waals surface area (Å²) < 4.78 is 6.24. The Balaban J connectivity index is 2.09. The molecule has 0 fully saturated rings. The van der Waals surface area contributed by atoms with E-state index in [4.69, 9.17) is 10.5 Å². The fourth-order valence-electron chi connectivity index (χ4n) is 2.18. The average molecular weight is 450 g/mol. The molecule has 0 aliphatic carbocycles. The van der Waals surface area contributed by atoms with Gasteiger partial charge >= 0.3 is 7.12 Å². The zero-order valence-corrected chi connectivity index (χ0v) is 17.4. The largest absolute Gasteiger partial charge is 0.492 e. The van der Waals surface area contributed by atoms with Crippen LogP contribution in [0.5, 0.6) is 5.75 Å². The lowest BCUT2D eigenvalue weighted by atomic mass is 9.78. The molecule has 9 heteroatoms. The van der Waals surface area contributed by atoms with Crippen molar-refractivity contribution in [3.8, 4) is 5.75 Å². The SMILES string of the molecule is CC(C)Oc1c(Br)cc(C=NN=C(N)SCc2ccccc2)cc1B(O)O. The molecule has 0 aliphatic rings. The van der Waals surface area contributed by atoms with Crippen LogP contribution in [0.3, 0.4) is 0 Å². The molecule has 27 heavy (non-hydrogen) atoms. The van der Waals surface area contributed by atoms with Gasteiger partial charge in [-0.3, -0.25) is 0 Å². The first-order chi connectivity index (χ1) is 12.9. The number of ether oxygens (including phenoxy) is 1. The molecule has 0 saturated carbocycles. The van der Waals surface area contributed by atoms with Crippen molar-refractivity contribution in [2.75, 3.05) is 0 Å². The van der Waals surface area contributed by atoms with Gasteiger partial charge in [0.05, 0.1) is 16.8 Å². The number of rotatable bonds is 7. The van der Waals surface area contributed by atoms with Crippen LogP contribution in [0.25, 0.3) is 0 Å². The Morgan fingerprint density at radius 1 is 1.30 bits per heavy atom. The van der Waals surface area contributed by atoms with E-state index in [1.807, 2.05) is 44.2 Å². The van der Waals surface area contributed by atoms with Crippen LogP contribution in [0.4, 0.5) is 0 Å². The van der Waals surface area contributed by atoms with Gasteiger partial charge in [0, 0.05) is 11.2 Å².